The van der Waals surface area contributed by atoms with Gasteiger partial charge in [-0.1, -0.05) is 96.5 Å². The summed E-state index contributed by atoms with van der Waals surface area (Å²) in [6, 6.07) is 30.5. The molecular formula is C29H25ClN2O3. The molecule has 0 N–H and O–H groups in total. The van der Waals surface area contributed by atoms with Gasteiger partial charge in [-0.05, 0) is 35.2 Å². The van der Waals surface area contributed by atoms with E-state index in [0.29, 0.717) is 11.1 Å². The first-order valence-corrected chi connectivity index (χ1v) is 11.7. The highest BCUT2D eigenvalue weighted by Gasteiger charge is 2.21. The van der Waals surface area contributed by atoms with Gasteiger partial charge in [-0.3, -0.25) is 9.69 Å². The first-order valence-electron chi connectivity index (χ1n) is 11.3. The van der Waals surface area contributed by atoms with E-state index >= 15 is 0 Å². The number of Topliss-reactive ketones (excluding diaryl/α,β-unsaturated/α-hetero) is 1. The van der Waals surface area contributed by atoms with Crippen molar-refractivity contribution in [2.45, 2.75) is 19.6 Å². The summed E-state index contributed by atoms with van der Waals surface area (Å²) >= 11 is 6.22. The van der Waals surface area contributed by atoms with Crippen LogP contribution in [0.15, 0.2) is 103 Å². The Kier molecular flexibility index (Phi) is 8.25. The van der Waals surface area contributed by atoms with E-state index in [2.05, 4.69) is 17.1 Å². The number of amides is 1. The molecule has 35 heavy (non-hydrogen) atoms. The number of aromatic nitrogens is 1. The quantitative estimate of drug-likeness (QED) is 0.205. The Morgan fingerprint density at radius 1 is 0.800 bits per heavy atom. The maximum absolute atomic E-state index is 13.2. The van der Waals surface area contributed by atoms with Crippen molar-refractivity contribution in [1.82, 2.24) is 9.88 Å². The molecule has 176 valence electrons. The normalized spacial score (nSPS) is 10.5. The van der Waals surface area contributed by atoms with Crippen molar-refractivity contribution < 1.29 is 14.3 Å². The monoisotopic (exact) mass is 484 g/mol. The van der Waals surface area contributed by atoms with Gasteiger partial charge in [0, 0.05) is 17.3 Å². The second-order valence-electron chi connectivity index (χ2n) is 8.14. The van der Waals surface area contributed by atoms with Crippen LogP contribution in [0.3, 0.4) is 0 Å². The molecule has 0 unspecified atom stereocenters. The molecule has 0 aliphatic rings. The minimum atomic E-state index is -0.595. The molecule has 6 heteroatoms. The van der Waals surface area contributed by atoms with Crippen LogP contribution in [0, 0.1) is 0 Å². The summed E-state index contributed by atoms with van der Waals surface area (Å²) in [5.41, 5.74) is 4.22. The first kappa shape index (κ1) is 24.2. The van der Waals surface area contributed by atoms with E-state index in [1.807, 2.05) is 66.7 Å². The Labute approximate surface area is 210 Å². The van der Waals surface area contributed by atoms with E-state index in [9.17, 15) is 9.59 Å². The zero-order valence-corrected chi connectivity index (χ0v) is 19.9. The van der Waals surface area contributed by atoms with Crippen LogP contribution in [0.5, 0.6) is 0 Å². The lowest BCUT2D eigenvalue weighted by molar-refractivity contribution is 0.0787. The van der Waals surface area contributed by atoms with Crippen LogP contribution in [0.2, 0.25) is 5.15 Å². The van der Waals surface area contributed by atoms with E-state index in [1.54, 1.807) is 24.4 Å². The summed E-state index contributed by atoms with van der Waals surface area (Å²) in [5.74, 6) is -0.184. The number of carbonyl (C=O) groups excluding carboxylic acids is 2. The second-order valence-corrected chi connectivity index (χ2v) is 8.49. The lowest BCUT2D eigenvalue weighted by Crippen LogP contribution is -2.36. The number of halogens is 1. The summed E-state index contributed by atoms with van der Waals surface area (Å²) in [5, 5.41) is 0.283. The Hall–Kier alpha value is -3.96. The van der Waals surface area contributed by atoms with Gasteiger partial charge in [0.25, 0.3) is 0 Å². The number of rotatable bonds is 9. The molecule has 0 radical (unpaired) electrons. The van der Waals surface area contributed by atoms with Crippen molar-refractivity contribution in [3.63, 3.8) is 0 Å². The van der Waals surface area contributed by atoms with E-state index in [1.165, 1.54) is 4.90 Å². The molecular weight excluding hydrogens is 460 g/mol. The zero-order valence-electron chi connectivity index (χ0n) is 19.1. The predicted octanol–water partition coefficient (Wildman–Crippen LogP) is 6.35. The molecule has 1 aromatic heterocycles. The SMILES string of the molecule is O=C(CN(Cc1cccnc1Cl)C(=O)OCc1ccccc1)c1cccc(Cc2ccccc2)c1. The van der Waals surface area contributed by atoms with Crippen LogP contribution in [-0.2, 0) is 24.3 Å². The molecule has 0 spiro atoms. The van der Waals surface area contributed by atoms with Crippen molar-refractivity contribution in [3.05, 3.63) is 136 Å². The fourth-order valence-corrected chi connectivity index (χ4v) is 3.87. The van der Waals surface area contributed by atoms with Crippen molar-refractivity contribution >= 4 is 23.5 Å². The smallest absolute Gasteiger partial charge is 0.410 e. The Morgan fingerprint density at radius 2 is 1.49 bits per heavy atom. The topological polar surface area (TPSA) is 59.5 Å². The molecule has 0 saturated heterocycles. The van der Waals surface area contributed by atoms with Crippen LogP contribution < -0.4 is 0 Å². The minimum absolute atomic E-state index is 0.107. The van der Waals surface area contributed by atoms with Crippen molar-refractivity contribution in [2.24, 2.45) is 0 Å². The Morgan fingerprint density at radius 3 is 2.20 bits per heavy atom. The largest absolute Gasteiger partial charge is 0.445 e. The highest BCUT2D eigenvalue weighted by atomic mass is 35.5. The van der Waals surface area contributed by atoms with E-state index < -0.39 is 6.09 Å². The van der Waals surface area contributed by atoms with Gasteiger partial charge in [-0.15, -0.1) is 0 Å². The maximum Gasteiger partial charge on any atom is 0.410 e. The highest BCUT2D eigenvalue weighted by Crippen LogP contribution is 2.17. The summed E-state index contributed by atoms with van der Waals surface area (Å²) in [6.45, 7) is 0.0705. The van der Waals surface area contributed by atoms with Crippen LogP contribution in [0.25, 0.3) is 0 Å². The number of ketones is 1. The van der Waals surface area contributed by atoms with Crippen molar-refractivity contribution in [3.8, 4) is 0 Å². The number of carbonyl (C=O) groups is 2. The van der Waals surface area contributed by atoms with Crippen molar-refractivity contribution in [1.29, 1.82) is 0 Å². The molecule has 0 bridgehead atoms. The van der Waals surface area contributed by atoms with Gasteiger partial charge in [-0.25, -0.2) is 9.78 Å². The molecule has 0 atom stereocenters. The summed E-state index contributed by atoms with van der Waals surface area (Å²) in [4.78, 5) is 31.6. The first-order chi connectivity index (χ1) is 17.1. The fourth-order valence-electron chi connectivity index (χ4n) is 3.69. The third-order valence-electron chi connectivity index (χ3n) is 5.50. The molecule has 4 aromatic rings. The van der Waals surface area contributed by atoms with Gasteiger partial charge in [0.2, 0.25) is 0 Å². The van der Waals surface area contributed by atoms with Crippen LogP contribution in [0.4, 0.5) is 4.79 Å². The van der Waals surface area contributed by atoms with Gasteiger partial charge in [-0.2, -0.15) is 0 Å². The van der Waals surface area contributed by atoms with Crippen LogP contribution >= 0.6 is 11.6 Å². The summed E-state index contributed by atoms with van der Waals surface area (Å²) in [6.07, 6.45) is 1.70. The number of nitrogens with zero attached hydrogens (tertiary/aromatic N) is 2. The average molecular weight is 485 g/mol. The zero-order chi connectivity index (χ0) is 24.5. The molecule has 0 aliphatic heterocycles. The third kappa shape index (κ3) is 7.01. The molecule has 0 saturated carbocycles. The van der Waals surface area contributed by atoms with E-state index in [-0.39, 0.29) is 30.6 Å². The van der Waals surface area contributed by atoms with Crippen LogP contribution in [-0.4, -0.2) is 28.3 Å². The number of benzene rings is 3. The van der Waals surface area contributed by atoms with Crippen LogP contribution in [0.1, 0.15) is 32.6 Å². The molecule has 1 amide bonds. The molecule has 5 nitrogen and oxygen atoms in total. The molecule has 0 aliphatic carbocycles. The van der Waals surface area contributed by atoms with Crippen molar-refractivity contribution in [2.75, 3.05) is 6.54 Å². The average Bonchev–Trinajstić information content (AvgIpc) is 2.89. The maximum atomic E-state index is 13.2. The third-order valence-corrected chi connectivity index (χ3v) is 5.84. The van der Waals surface area contributed by atoms with Gasteiger partial charge in [0.15, 0.2) is 5.78 Å². The van der Waals surface area contributed by atoms with Gasteiger partial charge in [0.05, 0.1) is 13.1 Å². The van der Waals surface area contributed by atoms with E-state index in [4.69, 9.17) is 16.3 Å². The number of pyridine rings is 1. The Balaban J connectivity index is 1.49. The lowest BCUT2D eigenvalue weighted by atomic mass is 10.0. The van der Waals surface area contributed by atoms with E-state index in [0.717, 1.165) is 23.1 Å². The summed E-state index contributed by atoms with van der Waals surface area (Å²) < 4.78 is 5.51. The predicted molar refractivity (Wildman–Crippen MR) is 136 cm³/mol. The van der Waals surface area contributed by atoms with Gasteiger partial charge in [0.1, 0.15) is 11.8 Å². The number of ether oxygens (including phenoxy) is 1. The minimum Gasteiger partial charge on any atom is -0.445 e. The highest BCUT2D eigenvalue weighted by molar-refractivity contribution is 6.30. The standard InChI is InChI=1S/C29H25ClN2O3/c30-28-26(15-8-16-31-28)19-32(29(34)35-21-23-11-5-2-6-12-23)20-27(33)25-14-7-13-24(18-25)17-22-9-3-1-4-10-22/h1-16,18H,17,19-21H2. The second kappa shape index (κ2) is 12.0. The number of hydrogen-bond acceptors (Lipinski definition) is 4. The molecule has 1 heterocycles. The van der Waals surface area contributed by atoms with Gasteiger partial charge < -0.3 is 4.74 Å². The molecule has 4 rings (SSSR count). The molecule has 3 aromatic carbocycles. The molecule has 0 fully saturated rings. The fraction of sp³-hybridized carbons (Fsp3) is 0.138. The number of hydrogen-bond donors (Lipinski definition) is 0. The van der Waals surface area contributed by atoms with Gasteiger partial charge >= 0.3 is 6.09 Å². The summed E-state index contributed by atoms with van der Waals surface area (Å²) in [7, 11) is 0. The Bertz CT molecular complexity index is 1280. The lowest BCUT2D eigenvalue weighted by Gasteiger charge is -2.22.